The van der Waals surface area contributed by atoms with Crippen LogP contribution in [0.15, 0.2) is 48.5 Å². The van der Waals surface area contributed by atoms with E-state index in [0.29, 0.717) is 23.7 Å². The number of anilines is 2. The molecule has 23 heavy (non-hydrogen) atoms. The van der Waals surface area contributed by atoms with Crippen molar-refractivity contribution in [1.82, 2.24) is 14.9 Å². The minimum atomic E-state index is -0.542. The molecule has 0 saturated heterocycles. The monoisotopic (exact) mass is 311 g/mol. The molecule has 5 N–H and O–H groups in total. The van der Waals surface area contributed by atoms with Gasteiger partial charge in [0.15, 0.2) is 0 Å². The highest BCUT2D eigenvalue weighted by Crippen LogP contribution is 2.24. The molecule has 7 nitrogen and oxygen atoms in total. The molecule has 1 aromatic carbocycles. The first-order valence-electron chi connectivity index (χ1n) is 7.15. The molecule has 0 unspecified atom stereocenters. The average molecular weight is 311 g/mol. The van der Waals surface area contributed by atoms with E-state index in [0.717, 1.165) is 11.3 Å². The van der Waals surface area contributed by atoms with Crippen LogP contribution in [0.25, 0.3) is 5.65 Å². The molecule has 118 valence electrons. The number of benzene rings is 1. The standard InChI is InChI=1S/C16H17N5O2/c17-13-7-4-8-14-19-12(9-11-5-2-1-3-6-11)16(21(13)14)18-10-15(22)20-23/h1-8,18,23H,9-10,17H2,(H,20,22). The summed E-state index contributed by atoms with van der Waals surface area (Å²) in [5.41, 5.74) is 10.2. The second-order valence-corrected chi connectivity index (χ2v) is 5.10. The Kier molecular flexibility index (Phi) is 4.11. The number of aromatic nitrogens is 2. The SMILES string of the molecule is Nc1cccc2nc(Cc3ccccc3)c(NCC(=O)NO)n12. The van der Waals surface area contributed by atoms with Crippen molar-refractivity contribution in [3.8, 4) is 0 Å². The van der Waals surface area contributed by atoms with Crippen molar-refractivity contribution >= 4 is 23.2 Å². The van der Waals surface area contributed by atoms with Crippen LogP contribution in [0.3, 0.4) is 0 Å². The van der Waals surface area contributed by atoms with Gasteiger partial charge < -0.3 is 11.1 Å². The number of imidazole rings is 1. The summed E-state index contributed by atoms with van der Waals surface area (Å²) in [6, 6.07) is 15.3. The largest absolute Gasteiger partial charge is 0.385 e. The van der Waals surface area contributed by atoms with Crippen LogP contribution in [0.1, 0.15) is 11.3 Å². The molecule has 0 atom stereocenters. The summed E-state index contributed by atoms with van der Waals surface area (Å²) >= 11 is 0. The van der Waals surface area contributed by atoms with Gasteiger partial charge in [0.2, 0.25) is 0 Å². The fourth-order valence-corrected chi connectivity index (χ4v) is 2.46. The summed E-state index contributed by atoms with van der Waals surface area (Å²) in [6.07, 6.45) is 0.602. The molecule has 0 aliphatic rings. The average Bonchev–Trinajstić information content (AvgIpc) is 2.92. The van der Waals surface area contributed by atoms with Gasteiger partial charge in [0.05, 0.1) is 12.2 Å². The van der Waals surface area contributed by atoms with Gasteiger partial charge in [-0.1, -0.05) is 36.4 Å². The second kappa shape index (κ2) is 6.37. The van der Waals surface area contributed by atoms with E-state index < -0.39 is 5.91 Å². The highest BCUT2D eigenvalue weighted by molar-refractivity contribution is 5.80. The lowest BCUT2D eigenvalue weighted by Gasteiger charge is -2.09. The fourth-order valence-electron chi connectivity index (χ4n) is 2.46. The summed E-state index contributed by atoms with van der Waals surface area (Å²) in [5.74, 6) is 0.617. The number of hydrogen-bond acceptors (Lipinski definition) is 5. The van der Waals surface area contributed by atoms with Gasteiger partial charge in [-0.3, -0.25) is 14.4 Å². The third-order valence-corrected chi connectivity index (χ3v) is 3.50. The van der Waals surface area contributed by atoms with E-state index in [1.165, 1.54) is 0 Å². The number of rotatable bonds is 5. The van der Waals surface area contributed by atoms with E-state index in [2.05, 4.69) is 10.3 Å². The van der Waals surface area contributed by atoms with Crippen LogP contribution >= 0.6 is 0 Å². The number of nitrogens with one attached hydrogen (secondary N) is 2. The van der Waals surface area contributed by atoms with Crippen molar-refractivity contribution in [3.63, 3.8) is 0 Å². The first-order chi connectivity index (χ1) is 11.2. The van der Waals surface area contributed by atoms with E-state index >= 15 is 0 Å². The molecular weight excluding hydrogens is 294 g/mol. The Morgan fingerprint density at radius 1 is 1.17 bits per heavy atom. The molecule has 0 radical (unpaired) electrons. The number of carbonyl (C=O) groups excluding carboxylic acids is 1. The lowest BCUT2D eigenvalue weighted by atomic mass is 10.1. The van der Waals surface area contributed by atoms with Gasteiger partial charge in [0.25, 0.3) is 5.91 Å². The lowest BCUT2D eigenvalue weighted by molar-refractivity contribution is -0.127. The van der Waals surface area contributed by atoms with Crippen LogP contribution in [-0.2, 0) is 11.2 Å². The Morgan fingerprint density at radius 2 is 1.96 bits per heavy atom. The maximum absolute atomic E-state index is 11.3. The molecule has 0 spiro atoms. The number of carbonyl (C=O) groups is 1. The fraction of sp³-hybridized carbons (Fsp3) is 0.125. The van der Waals surface area contributed by atoms with E-state index in [1.54, 1.807) is 15.9 Å². The molecule has 2 aromatic heterocycles. The van der Waals surface area contributed by atoms with Gasteiger partial charge in [-0.15, -0.1) is 0 Å². The van der Waals surface area contributed by atoms with Crippen molar-refractivity contribution in [3.05, 3.63) is 59.8 Å². The molecule has 2 heterocycles. The van der Waals surface area contributed by atoms with Crippen molar-refractivity contribution in [2.24, 2.45) is 0 Å². The summed E-state index contributed by atoms with van der Waals surface area (Å²) < 4.78 is 1.75. The van der Waals surface area contributed by atoms with Crippen molar-refractivity contribution in [1.29, 1.82) is 0 Å². The van der Waals surface area contributed by atoms with E-state index in [1.807, 2.05) is 42.5 Å². The number of amides is 1. The Hall–Kier alpha value is -3.06. The van der Waals surface area contributed by atoms with Crippen LogP contribution in [0.2, 0.25) is 0 Å². The molecule has 7 heteroatoms. The molecule has 0 saturated carbocycles. The highest BCUT2D eigenvalue weighted by atomic mass is 16.5. The smallest absolute Gasteiger partial charge is 0.262 e. The summed E-state index contributed by atoms with van der Waals surface area (Å²) in [4.78, 5) is 15.9. The third kappa shape index (κ3) is 3.09. The van der Waals surface area contributed by atoms with Gasteiger partial charge >= 0.3 is 0 Å². The molecule has 0 aliphatic carbocycles. The van der Waals surface area contributed by atoms with Crippen LogP contribution < -0.4 is 16.5 Å². The quantitative estimate of drug-likeness (QED) is 0.421. The number of pyridine rings is 1. The van der Waals surface area contributed by atoms with E-state index in [9.17, 15) is 4.79 Å². The first-order valence-corrected chi connectivity index (χ1v) is 7.15. The number of fused-ring (bicyclic) bond motifs is 1. The topological polar surface area (TPSA) is 105 Å². The van der Waals surface area contributed by atoms with Crippen molar-refractivity contribution < 1.29 is 10.0 Å². The molecule has 3 aromatic rings. The summed E-state index contributed by atoms with van der Waals surface area (Å²) in [7, 11) is 0. The zero-order valence-corrected chi connectivity index (χ0v) is 12.4. The number of hydroxylamine groups is 1. The van der Waals surface area contributed by atoms with Gasteiger partial charge in [-0.05, 0) is 17.7 Å². The van der Waals surface area contributed by atoms with Gasteiger partial charge in [-0.2, -0.15) is 0 Å². The normalized spacial score (nSPS) is 10.7. The number of nitrogens with zero attached hydrogens (tertiary/aromatic N) is 2. The predicted molar refractivity (Wildman–Crippen MR) is 87.3 cm³/mol. The Morgan fingerprint density at radius 3 is 2.70 bits per heavy atom. The zero-order chi connectivity index (χ0) is 16.2. The van der Waals surface area contributed by atoms with E-state index in [-0.39, 0.29) is 6.54 Å². The predicted octanol–water partition coefficient (Wildman–Crippen LogP) is 1.42. The van der Waals surface area contributed by atoms with Gasteiger partial charge in [0, 0.05) is 6.42 Å². The molecule has 3 rings (SSSR count). The summed E-state index contributed by atoms with van der Waals surface area (Å²) in [5, 5.41) is 11.6. The highest BCUT2D eigenvalue weighted by Gasteiger charge is 2.15. The van der Waals surface area contributed by atoms with Crippen LogP contribution in [0.4, 0.5) is 11.6 Å². The van der Waals surface area contributed by atoms with Gasteiger partial charge in [0.1, 0.15) is 17.3 Å². The Labute approximate surface area is 132 Å². The van der Waals surface area contributed by atoms with E-state index in [4.69, 9.17) is 10.9 Å². The lowest BCUT2D eigenvalue weighted by Crippen LogP contribution is -2.27. The van der Waals surface area contributed by atoms with Crippen molar-refractivity contribution in [2.75, 3.05) is 17.6 Å². The minimum absolute atomic E-state index is 0.0829. The van der Waals surface area contributed by atoms with Crippen LogP contribution in [0, 0.1) is 0 Å². The zero-order valence-electron chi connectivity index (χ0n) is 12.4. The minimum Gasteiger partial charge on any atom is -0.385 e. The number of hydrogen-bond donors (Lipinski definition) is 4. The molecular formula is C16H17N5O2. The first kappa shape index (κ1) is 14.9. The Balaban J connectivity index is 2.01. The van der Waals surface area contributed by atoms with Crippen molar-refractivity contribution in [2.45, 2.75) is 6.42 Å². The number of nitrogen functional groups attached to an aromatic ring is 1. The maximum atomic E-state index is 11.3. The third-order valence-electron chi connectivity index (χ3n) is 3.50. The Bertz CT molecular complexity index is 829. The number of nitrogens with two attached hydrogens (primary N) is 1. The van der Waals surface area contributed by atoms with Gasteiger partial charge in [-0.25, -0.2) is 10.5 Å². The summed E-state index contributed by atoms with van der Waals surface area (Å²) in [6.45, 7) is -0.0829. The molecule has 0 aliphatic heterocycles. The van der Waals surface area contributed by atoms with Crippen LogP contribution in [-0.4, -0.2) is 27.0 Å². The molecule has 1 amide bonds. The second-order valence-electron chi connectivity index (χ2n) is 5.10. The van der Waals surface area contributed by atoms with Crippen LogP contribution in [0.5, 0.6) is 0 Å². The maximum Gasteiger partial charge on any atom is 0.262 e. The molecule has 0 bridgehead atoms. The molecule has 0 fully saturated rings.